The Morgan fingerprint density at radius 3 is 2.03 bits per heavy atom. The maximum absolute atomic E-state index is 14.0. The second kappa shape index (κ2) is 10.4. The minimum atomic E-state index is -4.59. The van der Waals surface area contributed by atoms with Crippen LogP contribution in [0.25, 0.3) is 0 Å². The first-order chi connectivity index (χ1) is 17.1. The normalized spacial score (nSPS) is 19.0. The van der Waals surface area contributed by atoms with Crippen LogP contribution in [0.2, 0.25) is 0 Å². The Morgan fingerprint density at radius 1 is 0.973 bits per heavy atom. The second-order valence-corrected chi connectivity index (χ2v) is 11.8. The Labute approximate surface area is 215 Å². The van der Waals surface area contributed by atoms with E-state index in [0.29, 0.717) is 0 Å². The van der Waals surface area contributed by atoms with Crippen molar-refractivity contribution in [2.24, 2.45) is 5.41 Å². The Morgan fingerprint density at radius 2 is 1.54 bits per heavy atom. The third-order valence-corrected chi connectivity index (χ3v) is 8.04. The molecule has 0 spiro atoms. The molecule has 0 amide bonds. The quantitative estimate of drug-likeness (QED) is 0.428. The number of Topliss-reactive ketones (excluding diaryl/α,β-unsaturated/α-hetero) is 1. The molecular formula is C27H30F3NO5S. The average Bonchev–Trinajstić information content (AvgIpc) is 3.18. The summed E-state index contributed by atoms with van der Waals surface area (Å²) in [6.07, 6.45) is -3.44. The molecular weight excluding hydrogens is 507 g/mol. The van der Waals surface area contributed by atoms with Gasteiger partial charge in [0.25, 0.3) is 0 Å². The fraction of sp³-hybridized carbons (Fsp3) is 0.407. The van der Waals surface area contributed by atoms with Crippen molar-refractivity contribution in [2.75, 3.05) is 6.61 Å². The zero-order valence-electron chi connectivity index (χ0n) is 21.3. The van der Waals surface area contributed by atoms with Gasteiger partial charge in [-0.1, -0.05) is 56.7 Å². The lowest BCUT2D eigenvalue weighted by Crippen LogP contribution is -2.41. The largest absolute Gasteiger partial charge is 0.463 e. The van der Waals surface area contributed by atoms with E-state index in [-0.39, 0.29) is 34.8 Å². The molecule has 0 aliphatic carbocycles. The predicted octanol–water partition coefficient (Wildman–Crippen LogP) is 5.62. The molecule has 0 fully saturated rings. The van der Waals surface area contributed by atoms with Crippen molar-refractivity contribution in [3.8, 4) is 0 Å². The molecule has 3 rings (SSSR count). The summed E-state index contributed by atoms with van der Waals surface area (Å²) < 4.78 is 73.8. The number of hydrogen-bond acceptors (Lipinski definition) is 5. The number of hydrogen-bond donors (Lipinski definition) is 0. The SMILES string of the molecule is CCOC(=O)C1=C[C@@H](CC(=O)C(C)(C)C)N(S(=O)(=O)c2ccc(C)cc2)[C@H]1c1ccc(C(F)(F)F)cc1. The number of sulfonamides is 1. The maximum Gasteiger partial charge on any atom is 0.416 e. The van der Waals surface area contributed by atoms with Crippen molar-refractivity contribution in [2.45, 2.75) is 64.2 Å². The molecule has 2 aromatic carbocycles. The lowest BCUT2D eigenvalue weighted by atomic mass is 9.87. The first kappa shape index (κ1) is 28.6. The highest BCUT2D eigenvalue weighted by molar-refractivity contribution is 7.89. The Balaban J connectivity index is 2.22. The van der Waals surface area contributed by atoms with Gasteiger partial charge in [-0.05, 0) is 43.7 Å². The number of nitrogens with zero attached hydrogens (tertiary/aromatic N) is 1. The fourth-order valence-electron chi connectivity index (χ4n) is 4.07. The van der Waals surface area contributed by atoms with Crippen LogP contribution in [0, 0.1) is 12.3 Å². The van der Waals surface area contributed by atoms with E-state index in [1.54, 1.807) is 46.8 Å². The molecule has 0 N–H and O–H groups in total. The van der Waals surface area contributed by atoms with Gasteiger partial charge < -0.3 is 4.74 Å². The molecule has 200 valence electrons. The number of halogens is 3. The van der Waals surface area contributed by atoms with Crippen LogP contribution in [0.5, 0.6) is 0 Å². The van der Waals surface area contributed by atoms with Crippen molar-refractivity contribution in [3.05, 3.63) is 76.9 Å². The first-order valence-corrected chi connectivity index (χ1v) is 13.2. The monoisotopic (exact) mass is 537 g/mol. The Kier molecular flexibility index (Phi) is 8.05. The molecule has 0 aromatic heterocycles. The minimum Gasteiger partial charge on any atom is -0.463 e. The molecule has 0 bridgehead atoms. The van der Waals surface area contributed by atoms with Crippen LogP contribution >= 0.6 is 0 Å². The molecule has 1 aliphatic heterocycles. The lowest BCUT2D eigenvalue weighted by Gasteiger charge is -2.32. The molecule has 0 radical (unpaired) electrons. The number of carbonyl (C=O) groups excluding carboxylic acids is 2. The number of ketones is 1. The van der Waals surface area contributed by atoms with Crippen molar-refractivity contribution in [3.63, 3.8) is 0 Å². The Bertz CT molecular complexity index is 1290. The van der Waals surface area contributed by atoms with Gasteiger partial charge >= 0.3 is 12.1 Å². The minimum absolute atomic E-state index is 0.00616. The number of esters is 1. The van der Waals surface area contributed by atoms with Crippen LogP contribution in [0.1, 0.15) is 56.8 Å². The van der Waals surface area contributed by atoms with Gasteiger partial charge in [0.15, 0.2) is 0 Å². The van der Waals surface area contributed by atoms with Crippen LogP contribution in [0.3, 0.4) is 0 Å². The molecule has 0 saturated heterocycles. The second-order valence-electron chi connectivity index (χ2n) is 9.96. The van der Waals surface area contributed by atoms with E-state index in [9.17, 15) is 31.2 Å². The van der Waals surface area contributed by atoms with Gasteiger partial charge in [-0.2, -0.15) is 17.5 Å². The van der Waals surface area contributed by atoms with Gasteiger partial charge in [0.05, 0.1) is 34.7 Å². The smallest absolute Gasteiger partial charge is 0.416 e. The van der Waals surface area contributed by atoms with Crippen molar-refractivity contribution < 1.29 is 35.9 Å². The van der Waals surface area contributed by atoms with Crippen LogP contribution in [-0.2, 0) is 30.5 Å². The highest BCUT2D eigenvalue weighted by Gasteiger charge is 2.47. The predicted molar refractivity (Wildman–Crippen MR) is 132 cm³/mol. The van der Waals surface area contributed by atoms with Crippen LogP contribution in [-0.4, -0.2) is 37.1 Å². The van der Waals surface area contributed by atoms with Crippen molar-refractivity contribution in [1.29, 1.82) is 0 Å². The molecule has 0 unspecified atom stereocenters. The number of aryl methyl sites for hydroxylation is 1. The number of benzene rings is 2. The van der Waals surface area contributed by atoms with E-state index in [4.69, 9.17) is 4.74 Å². The van der Waals surface area contributed by atoms with Crippen LogP contribution < -0.4 is 0 Å². The van der Waals surface area contributed by atoms with E-state index in [1.807, 2.05) is 0 Å². The van der Waals surface area contributed by atoms with Gasteiger partial charge in [-0.15, -0.1) is 0 Å². The number of rotatable bonds is 7. The lowest BCUT2D eigenvalue weighted by molar-refractivity contribution is -0.139. The van der Waals surface area contributed by atoms with E-state index in [0.717, 1.165) is 34.1 Å². The third-order valence-electron chi connectivity index (χ3n) is 6.14. The van der Waals surface area contributed by atoms with Crippen LogP contribution in [0.4, 0.5) is 13.2 Å². The van der Waals surface area contributed by atoms with E-state index < -0.39 is 45.2 Å². The molecule has 6 nitrogen and oxygen atoms in total. The Hall–Kier alpha value is -2.98. The van der Waals surface area contributed by atoms with Crippen LogP contribution in [0.15, 0.2) is 65.1 Å². The highest BCUT2D eigenvalue weighted by atomic mass is 32.2. The summed E-state index contributed by atoms with van der Waals surface area (Å²) in [5, 5.41) is 0. The zero-order valence-corrected chi connectivity index (χ0v) is 22.1. The van der Waals surface area contributed by atoms with E-state index in [1.165, 1.54) is 18.2 Å². The third kappa shape index (κ3) is 6.13. The first-order valence-electron chi connectivity index (χ1n) is 11.8. The van der Waals surface area contributed by atoms with Gasteiger partial charge in [0.1, 0.15) is 5.78 Å². The molecule has 37 heavy (non-hydrogen) atoms. The molecule has 10 heteroatoms. The molecule has 1 heterocycles. The molecule has 2 aromatic rings. The summed E-state index contributed by atoms with van der Waals surface area (Å²) in [6.45, 7) is 8.49. The zero-order chi connectivity index (χ0) is 27.8. The molecule has 1 aliphatic rings. The maximum atomic E-state index is 14.0. The summed E-state index contributed by atoms with van der Waals surface area (Å²) in [5.41, 5.74) is -0.783. The standard InChI is InChI=1S/C27H30F3NO5S/c1-6-36-25(33)22-15-20(16-23(32)26(3,4)5)31(37(34,35)21-13-7-17(2)8-14-21)24(22)18-9-11-19(12-10-18)27(28,29)30/h7-15,20,24H,6,16H2,1-5H3/t20-,24-/m0/s1. The summed E-state index contributed by atoms with van der Waals surface area (Å²) in [4.78, 5) is 25.9. The van der Waals surface area contributed by atoms with E-state index >= 15 is 0 Å². The fourth-order valence-corrected chi connectivity index (χ4v) is 5.80. The summed E-state index contributed by atoms with van der Waals surface area (Å²) in [6, 6.07) is 7.69. The van der Waals surface area contributed by atoms with Crippen molar-refractivity contribution >= 4 is 21.8 Å². The van der Waals surface area contributed by atoms with Gasteiger partial charge in [-0.25, -0.2) is 13.2 Å². The van der Waals surface area contributed by atoms with Gasteiger partial charge in [-0.3, -0.25) is 4.79 Å². The average molecular weight is 538 g/mol. The van der Waals surface area contributed by atoms with E-state index in [2.05, 4.69) is 0 Å². The molecule has 0 saturated carbocycles. The number of carbonyl (C=O) groups is 2. The summed E-state index contributed by atoms with van der Waals surface area (Å²) in [5.74, 6) is -1.05. The summed E-state index contributed by atoms with van der Waals surface area (Å²) >= 11 is 0. The molecule has 2 atom stereocenters. The highest BCUT2D eigenvalue weighted by Crippen LogP contribution is 2.43. The topological polar surface area (TPSA) is 80.8 Å². The number of alkyl halides is 3. The summed E-state index contributed by atoms with van der Waals surface area (Å²) in [7, 11) is -4.31. The van der Waals surface area contributed by atoms with Gasteiger partial charge in [0.2, 0.25) is 10.0 Å². The van der Waals surface area contributed by atoms with Crippen molar-refractivity contribution in [1.82, 2.24) is 4.31 Å². The van der Waals surface area contributed by atoms with Gasteiger partial charge in [0, 0.05) is 11.8 Å². The number of ether oxygens (including phenoxy) is 1.